The molecule has 0 aliphatic rings. The molecule has 0 saturated carbocycles. The van der Waals surface area contributed by atoms with E-state index in [1.54, 1.807) is 13.0 Å². The summed E-state index contributed by atoms with van der Waals surface area (Å²) in [5.41, 5.74) is 11.2. The zero-order valence-electron chi connectivity index (χ0n) is 12.9. The van der Waals surface area contributed by atoms with Crippen LogP contribution in [0.1, 0.15) is 11.1 Å². The van der Waals surface area contributed by atoms with E-state index in [0.717, 1.165) is 6.20 Å². The molecular weight excluding hydrogens is 426 g/mol. The molecule has 0 fully saturated rings. The van der Waals surface area contributed by atoms with Crippen LogP contribution in [0.4, 0.5) is 4.39 Å². The summed E-state index contributed by atoms with van der Waals surface area (Å²) in [7, 11) is 0. The molecule has 0 saturated heterocycles. The zero-order valence-corrected chi connectivity index (χ0v) is 15.1. The lowest BCUT2D eigenvalue weighted by atomic mass is 9.98. The Labute approximate surface area is 151 Å². The Morgan fingerprint density at radius 1 is 1.50 bits per heavy atom. The highest BCUT2D eigenvalue weighted by Gasteiger charge is 2.16. The minimum Gasteiger partial charge on any atom is -0.507 e. The lowest BCUT2D eigenvalue weighted by molar-refractivity contribution is 0.469. The Bertz CT molecular complexity index is 945. The number of aromatic hydroxyl groups is 1. The Kier molecular flexibility index (Phi) is 5.33. The van der Waals surface area contributed by atoms with E-state index in [-0.39, 0.29) is 34.6 Å². The molecule has 0 spiro atoms. The average molecular weight is 442 g/mol. The van der Waals surface area contributed by atoms with Crippen LogP contribution in [0.25, 0.3) is 11.0 Å². The van der Waals surface area contributed by atoms with Crippen LogP contribution in [-0.2, 0) is 6.42 Å². The average Bonchev–Trinajstić information content (AvgIpc) is 2.51. The van der Waals surface area contributed by atoms with Gasteiger partial charge in [0.05, 0.1) is 9.27 Å². The van der Waals surface area contributed by atoms with Crippen LogP contribution in [0.2, 0.25) is 0 Å². The summed E-state index contributed by atoms with van der Waals surface area (Å²) in [5.74, 6) is -0.702. The van der Waals surface area contributed by atoms with Crippen molar-refractivity contribution in [2.75, 3.05) is 0 Å². The molecule has 24 heavy (non-hydrogen) atoms. The van der Waals surface area contributed by atoms with Crippen LogP contribution in [0.15, 0.2) is 57.3 Å². The van der Waals surface area contributed by atoms with E-state index in [1.807, 2.05) is 22.6 Å². The number of nitrogens with two attached hydrogens (primary N) is 2. The van der Waals surface area contributed by atoms with E-state index in [1.165, 1.54) is 12.1 Å². The van der Waals surface area contributed by atoms with Crippen LogP contribution in [0.3, 0.4) is 0 Å². The lowest BCUT2D eigenvalue weighted by Crippen LogP contribution is -2.12. The van der Waals surface area contributed by atoms with E-state index in [0.29, 0.717) is 14.5 Å². The van der Waals surface area contributed by atoms with Gasteiger partial charge in [0.2, 0.25) is 0 Å². The van der Waals surface area contributed by atoms with Crippen molar-refractivity contribution in [2.24, 2.45) is 11.5 Å². The number of rotatable bonds is 4. The van der Waals surface area contributed by atoms with Gasteiger partial charge >= 0.3 is 5.63 Å². The van der Waals surface area contributed by atoms with Gasteiger partial charge in [-0.2, -0.15) is 0 Å². The van der Waals surface area contributed by atoms with Crippen molar-refractivity contribution in [3.8, 4) is 5.75 Å². The monoisotopic (exact) mass is 442 g/mol. The van der Waals surface area contributed by atoms with E-state index in [4.69, 9.17) is 15.9 Å². The first-order valence-corrected chi connectivity index (χ1v) is 8.00. The van der Waals surface area contributed by atoms with Gasteiger partial charge in [0.15, 0.2) is 0 Å². The molecule has 0 aliphatic heterocycles. The predicted molar refractivity (Wildman–Crippen MR) is 100 cm³/mol. The number of hydrogen-bond donors (Lipinski definition) is 3. The summed E-state index contributed by atoms with van der Waals surface area (Å²) in [4.78, 5) is 12.3. The van der Waals surface area contributed by atoms with Crippen molar-refractivity contribution in [1.82, 2.24) is 0 Å². The third-order valence-electron chi connectivity index (χ3n) is 3.58. The second kappa shape index (κ2) is 7.08. The molecule has 1 aromatic carbocycles. The first-order chi connectivity index (χ1) is 11.3. The number of phenols is 1. The molecule has 7 heteroatoms. The van der Waals surface area contributed by atoms with Crippen LogP contribution in [-0.4, -0.2) is 5.11 Å². The minimum atomic E-state index is -0.726. The molecule has 2 rings (SSSR count). The number of allylic oxidation sites excluding steroid dienone is 3. The summed E-state index contributed by atoms with van der Waals surface area (Å²) in [6.45, 7) is 5.09. The maximum atomic E-state index is 14.1. The van der Waals surface area contributed by atoms with Crippen molar-refractivity contribution in [2.45, 2.75) is 13.3 Å². The molecule has 0 bridgehead atoms. The van der Waals surface area contributed by atoms with Crippen molar-refractivity contribution in [3.63, 3.8) is 0 Å². The molecule has 2 aromatic rings. The van der Waals surface area contributed by atoms with Gasteiger partial charge in [-0.15, -0.1) is 0 Å². The summed E-state index contributed by atoms with van der Waals surface area (Å²) in [6, 6.07) is 3.08. The number of benzene rings is 1. The summed E-state index contributed by atoms with van der Waals surface area (Å²) >= 11 is 1.97. The molecule has 5 nitrogen and oxygen atoms in total. The first kappa shape index (κ1) is 18.1. The smallest absolute Gasteiger partial charge is 0.340 e. The zero-order chi connectivity index (χ0) is 18.0. The fourth-order valence-corrected chi connectivity index (χ4v) is 2.79. The first-order valence-electron chi connectivity index (χ1n) is 6.92. The molecule has 1 heterocycles. The molecule has 0 aliphatic carbocycles. The van der Waals surface area contributed by atoms with Gasteiger partial charge in [0.25, 0.3) is 0 Å². The fourth-order valence-electron chi connectivity index (χ4n) is 2.32. The normalized spacial score (nSPS) is 12.6. The van der Waals surface area contributed by atoms with Gasteiger partial charge in [-0.3, -0.25) is 0 Å². The van der Waals surface area contributed by atoms with Gasteiger partial charge in [0.1, 0.15) is 17.2 Å². The quantitative estimate of drug-likeness (QED) is 0.384. The standard InChI is InChI=1S/C17H16FIN2O3/c1-8-11-6-13(19)14(22)7-15(11)24-17(23)12(8)5-10(3-4-20)16(18)9(2)21/h3-4,6-7,22H,2,5,20-21H2,1H3/b4-3-,16-10-. The third kappa shape index (κ3) is 3.45. The number of halogens is 2. The van der Waals surface area contributed by atoms with Crippen molar-refractivity contribution >= 4 is 33.6 Å². The van der Waals surface area contributed by atoms with Gasteiger partial charge in [0, 0.05) is 23.4 Å². The highest BCUT2D eigenvalue weighted by atomic mass is 127. The maximum Gasteiger partial charge on any atom is 0.340 e. The SMILES string of the molecule is C=C(N)/C(F)=C(\C=C/N)Cc1c(C)c2cc(I)c(O)cc2oc1=O. The summed E-state index contributed by atoms with van der Waals surface area (Å²) in [5, 5.41) is 10.4. The molecule has 0 radical (unpaired) electrons. The summed E-state index contributed by atoms with van der Waals surface area (Å²) in [6.07, 6.45) is 2.45. The van der Waals surface area contributed by atoms with Gasteiger partial charge in [-0.05, 0) is 59.0 Å². The lowest BCUT2D eigenvalue weighted by Gasteiger charge is -2.10. The molecule has 126 valence electrons. The maximum absolute atomic E-state index is 14.1. The van der Waals surface area contributed by atoms with E-state index in [9.17, 15) is 14.3 Å². The molecular formula is C17H16FIN2O3. The van der Waals surface area contributed by atoms with E-state index < -0.39 is 11.5 Å². The number of aryl methyl sites for hydroxylation is 1. The Hall–Kier alpha value is -2.29. The highest BCUT2D eigenvalue weighted by molar-refractivity contribution is 14.1. The van der Waals surface area contributed by atoms with Crippen LogP contribution >= 0.6 is 22.6 Å². The Balaban J connectivity index is 2.69. The van der Waals surface area contributed by atoms with Crippen molar-refractivity contribution < 1.29 is 13.9 Å². The van der Waals surface area contributed by atoms with Crippen molar-refractivity contribution in [3.05, 3.63) is 73.2 Å². The molecule has 1 aromatic heterocycles. The van der Waals surface area contributed by atoms with Gasteiger partial charge in [-0.1, -0.05) is 6.58 Å². The Morgan fingerprint density at radius 2 is 2.17 bits per heavy atom. The fraction of sp³-hybridized carbons (Fsp3) is 0.118. The molecule has 5 N–H and O–H groups in total. The molecule has 0 unspecified atom stereocenters. The number of fused-ring (bicyclic) bond motifs is 1. The third-order valence-corrected chi connectivity index (χ3v) is 4.45. The molecule has 0 atom stereocenters. The van der Waals surface area contributed by atoms with Crippen LogP contribution in [0.5, 0.6) is 5.75 Å². The largest absolute Gasteiger partial charge is 0.507 e. The van der Waals surface area contributed by atoms with Gasteiger partial charge < -0.3 is 21.0 Å². The van der Waals surface area contributed by atoms with Crippen LogP contribution in [0, 0.1) is 10.5 Å². The van der Waals surface area contributed by atoms with Crippen LogP contribution < -0.4 is 17.1 Å². The van der Waals surface area contributed by atoms with Gasteiger partial charge in [-0.25, -0.2) is 9.18 Å². The minimum absolute atomic E-state index is 0.0236. The summed E-state index contributed by atoms with van der Waals surface area (Å²) < 4.78 is 20.0. The molecule has 0 amide bonds. The Morgan fingerprint density at radius 3 is 2.75 bits per heavy atom. The van der Waals surface area contributed by atoms with E-state index >= 15 is 0 Å². The van der Waals surface area contributed by atoms with E-state index in [2.05, 4.69) is 6.58 Å². The number of phenolic OH excluding ortho intramolecular Hbond substituents is 1. The predicted octanol–water partition coefficient (Wildman–Crippen LogP) is 3.12. The highest BCUT2D eigenvalue weighted by Crippen LogP contribution is 2.29. The van der Waals surface area contributed by atoms with Crippen molar-refractivity contribution in [1.29, 1.82) is 0 Å². The topological polar surface area (TPSA) is 102 Å². The second-order valence-electron chi connectivity index (χ2n) is 5.19. The second-order valence-corrected chi connectivity index (χ2v) is 6.36. The number of hydrogen-bond acceptors (Lipinski definition) is 5.